The lowest BCUT2D eigenvalue weighted by Gasteiger charge is -2.16. The van der Waals surface area contributed by atoms with E-state index < -0.39 is 12.0 Å². The van der Waals surface area contributed by atoms with Gasteiger partial charge in [-0.3, -0.25) is 4.79 Å². The molecule has 0 aliphatic carbocycles. The van der Waals surface area contributed by atoms with E-state index in [1.807, 2.05) is 19.1 Å². The summed E-state index contributed by atoms with van der Waals surface area (Å²) in [5.41, 5.74) is 1.70. The third-order valence-electron chi connectivity index (χ3n) is 3.41. The molecule has 0 saturated carbocycles. The molecule has 1 rings (SSSR count). The summed E-state index contributed by atoms with van der Waals surface area (Å²) in [6.07, 6.45) is 2.40. The van der Waals surface area contributed by atoms with E-state index in [9.17, 15) is 9.59 Å². The van der Waals surface area contributed by atoms with Gasteiger partial charge in [-0.15, -0.1) is 0 Å². The molecule has 0 saturated heterocycles. The summed E-state index contributed by atoms with van der Waals surface area (Å²) in [6.45, 7) is 6.18. The highest BCUT2D eigenvalue weighted by atomic mass is 16.5. The van der Waals surface area contributed by atoms with Gasteiger partial charge in [0, 0.05) is 5.56 Å². The third-order valence-corrected chi connectivity index (χ3v) is 3.41. The van der Waals surface area contributed by atoms with E-state index in [1.54, 1.807) is 24.3 Å². The molecule has 0 aliphatic rings. The van der Waals surface area contributed by atoms with Crippen LogP contribution in [0.25, 0.3) is 0 Å². The summed E-state index contributed by atoms with van der Waals surface area (Å²) in [5.74, 6) is -0.304. The summed E-state index contributed by atoms with van der Waals surface area (Å²) in [5, 5.41) is 2.72. The molecule has 4 nitrogen and oxygen atoms in total. The molecule has 1 N–H and O–H groups in total. The van der Waals surface area contributed by atoms with Gasteiger partial charge in [-0.05, 0) is 31.4 Å². The van der Waals surface area contributed by atoms with Crippen molar-refractivity contribution in [1.29, 1.82) is 0 Å². The predicted molar refractivity (Wildman–Crippen MR) is 82.9 cm³/mol. The number of esters is 1. The molecular formula is C17H23NO3. The standard InChI is InChI=1S/C17H23NO3/c1-12(2)13(3)10-11-15(17(20)21-4)18-16(19)14-8-6-5-7-9-14/h5-10,12,15H,11H2,1-4H3,(H,18,19)/b13-10+/t15-/m0/s1. The Morgan fingerprint density at radius 1 is 1.24 bits per heavy atom. The molecule has 0 radical (unpaired) electrons. The first-order chi connectivity index (χ1) is 9.95. The number of benzene rings is 1. The monoisotopic (exact) mass is 289 g/mol. The van der Waals surface area contributed by atoms with Crippen molar-refractivity contribution in [2.45, 2.75) is 33.2 Å². The third kappa shape index (κ3) is 5.42. The molecule has 0 aromatic heterocycles. The van der Waals surface area contributed by atoms with E-state index in [1.165, 1.54) is 12.7 Å². The highest BCUT2D eigenvalue weighted by molar-refractivity contribution is 5.96. The largest absolute Gasteiger partial charge is 0.467 e. The number of rotatable bonds is 6. The van der Waals surface area contributed by atoms with E-state index in [0.29, 0.717) is 17.9 Å². The van der Waals surface area contributed by atoms with Gasteiger partial charge in [0.25, 0.3) is 5.91 Å². The number of ether oxygens (including phenoxy) is 1. The number of hydrogen-bond acceptors (Lipinski definition) is 3. The van der Waals surface area contributed by atoms with Gasteiger partial charge >= 0.3 is 5.97 Å². The molecule has 1 amide bonds. The van der Waals surface area contributed by atoms with Gasteiger partial charge in [-0.1, -0.05) is 43.7 Å². The summed E-state index contributed by atoms with van der Waals surface area (Å²) in [7, 11) is 1.32. The number of hydrogen-bond donors (Lipinski definition) is 1. The number of carbonyl (C=O) groups is 2. The van der Waals surface area contributed by atoms with Crippen molar-refractivity contribution in [3.05, 3.63) is 47.5 Å². The lowest BCUT2D eigenvalue weighted by atomic mass is 10.0. The average Bonchev–Trinajstić information content (AvgIpc) is 2.50. The van der Waals surface area contributed by atoms with Crippen molar-refractivity contribution < 1.29 is 14.3 Å². The van der Waals surface area contributed by atoms with Crippen LogP contribution < -0.4 is 5.32 Å². The van der Waals surface area contributed by atoms with Crippen molar-refractivity contribution in [2.75, 3.05) is 7.11 Å². The van der Waals surface area contributed by atoms with Gasteiger partial charge in [-0.25, -0.2) is 4.79 Å². The fourth-order valence-corrected chi connectivity index (χ4v) is 1.73. The van der Waals surface area contributed by atoms with E-state index >= 15 is 0 Å². The van der Waals surface area contributed by atoms with Gasteiger partial charge in [0.15, 0.2) is 0 Å². The average molecular weight is 289 g/mol. The second kappa shape index (κ2) is 8.25. The van der Waals surface area contributed by atoms with Gasteiger partial charge < -0.3 is 10.1 Å². The van der Waals surface area contributed by atoms with Crippen LogP contribution in [0, 0.1) is 5.92 Å². The van der Waals surface area contributed by atoms with Gasteiger partial charge in [0.05, 0.1) is 7.11 Å². The molecular weight excluding hydrogens is 266 g/mol. The SMILES string of the molecule is COC(=O)[C@H](C/C=C(\C)C(C)C)NC(=O)c1ccccc1. The first kappa shape index (κ1) is 17.0. The van der Waals surface area contributed by atoms with Crippen molar-refractivity contribution >= 4 is 11.9 Å². The zero-order valence-electron chi connectivity index (χ0n) is 13.1. The van der Waals surface area contributed by atoms with Crippen LogP contribution in [0.1, 0.15) is 37.6 Å². The zero-order chi connectivity index (χ0) is 15.8. The molecule has 0 spiro atoms. The number of carbonyl (C=O) groups excluding carboxylic acids is 2. The van der Waals surface area contributed by atoms with Gasteiger partial charge in [-0.2, -0.15) is 0 Å². The van der Waals surface area contributed by atoms with Crippen LogP contribution in [-0.2, 0) is 9.53 Å². The van der Waals surface area contributed by atoms with Crippen LogP contribution >= 0.6 is 0 Å². The Morgan fingerprint density at radius 3 is 2.38 bits per heavy atom. The van der Waals surface area contributed by atoms with Crippen LogP contribution in [0.4, 0.5) is 0 Å². The molecule has 0 heterocycles. The molecule has 0 aliphatic heterocycles. The van der Waals surface area contributed by atoms with Crippen LogP contribution in [0.3, 0.4) is 0 Å². The maximum absolute atomic E-state index is 12.1. The lowest BCUT2D eigenvalue weighted by molar-refractivity contribution is -0.142. The maximum atomic E-state index is 12.1. The quantitative estimate of drug-likeness (QED) is 0.647. The zero-order valence-corrected chi connectivity index (χ0v) is 13.1. The first-order valence-corrected chi connectivity index (χ1v) is 7.06. The van der Waals surface area contributed by atoms with E-state index in [0.717, 1.165) is 0 Å². The van der Waals surface area contributed by atoms with Crippen LogP contribution in [0.5, 0.6) is 0 Å². The van der Waals surface area contributed by atoms with Crippen LogP contribution in [0.2, 0.25) is 0 Å². The normalized spacial score (nSPS) is 12.9. The Labute approximate surface area is 126 Å². The first-order valence-electron chi connectivity index (χ1n) is 7.06. The van der Waals surface area contributed by atoms with Gasteiger partial charge in [0.1, 0.15) is 6.04 Å². The summed E-state index contributed by atoms with van der Waals surface area (Å²) in [6, 6.07) is 8.15. The van der Waals surface area contributed by atoms with E-state index in [2.05, 4.69) is 19.2 Å². The Balaban J connectivity index is 2.77. The van der Waals surface area contributed by atoms with Crippen molar-refractivity contribution in [3.63, 3.8) is 0 Å². The molecule has 0 bridgehead atoms. The summed E-state index contributed by atoms with van der Waals surface area (Å²) < 4.78 is 4.76. The smallest absolute Gasteiger partial charge is 0.328 e. The highest BCUT2D eigenvalue weighted by Gasteiger charge is 2.21. The second-order valence-electron chi connectivity index (χ2n) is 5.25. The van der Waals surface area contributed by atoms with Crippen molar-refractivity contribution in [1.82, 2.24) is 5.32 Å². The minimum absolute atomic E-state index is 0.276. The topological polar surface area (TPSA) is 55.4 Å². The molecule has 1 aromatic rings. The number of amides is 1. The lowest BCUT2D eigenvalue weighted by Crippen LogP contribution is -2.41. The Kier molecular flexibility index (Phi) is 6.66. The number of methoxy groups -OCH3 is 1. The molecule has 1 aromatic carbocycles. The van der Waals surface area contributed by atoms with Gasteiger partial charge in [0.2, 0.25) is 0 Å². The molecule has 0 unspecified atom stereocenters. The summed E-state index contributed by atoms with van der Waals surface area (Å²) in [4.78, 5) is 23.9. The Bertz CT molecular complexity index is 506. The van der Waals surface area contributed by atoms with Crippen LogP contribution in [0.15, 0.2) is 42.0 Å². The predicted octanol–water partition coefficient (Wildman–Crippen LogP) is 2.95. The fraction of sp³-hybridized carbons (Fsp3) is 0.412. The Hall–Kier alpha value is -2.10. The van der Waals surface area contributed by atoms with Crippen molar-refractivity contribution in [3.8, 4) is 0 Å². The van der Waals surface area contributed by atoms with E-state index in [4.69, 9.17) is 4.74 Å². The minimum atomic E-state index is -0.670. The number of allylic oxidation sites excluding steroid dienone is 1. The molecule has 114 valence electrons. The molecule has 1 atom stereocenters. The van der Waals surface area contributed by atoms with Crippen LogP contribution in [-0.4, -0.2) is 25.0 Å². The van der Waals surface area contributed by atoms with E-state index in [-0.39, 0.29) is 5.91 Å². The number of nitrogens with one attached hydrogen (secondary N) is 1. The minimum Gasteiger partial charge on any atom is -0.467 e. The maximum Gasteiger partial charge on any atom is 0.328 e. The van der Waals surface area contributed by atoms with Crippen molar-refractivity contribution in [2.24, 2.45) is 5.92 Å². The Morgan fingerprint density at radius 2 is 1.86 bits per heavy atom. The molecule has 21 heavy (non-hydrogen) atoms. The summed E-state index contributed by atoms with van der Waals surface area (Å²) >= 11 is 0. The second-order valence-corrected chi connectivity index (χ2v) is 5.25. The highest BCUT2D eigenvalue weighted by Crippen LogP contribution is 2.11. The molecule has 0 fully saturated rings. The molecule has 4 heteroatoms. The fourth-order valence-electron chi connectivity index (χ4n) is 1.73.